The molecule has 138 valence electrons. The highest BCUT2D eigenvalue weighted by Crippen LogP contribution is 2.15. The Bertz CT molecular complexity index is 722. The van der Waals surface area contributed by atoms with E-state index in [2.05, 4.69) is 16.0 Å². The maximum Gasteiger partial charge on any atom is 0.315 e. The van der Waals surface area contributed by atoms with Crippen molar-refractivity contribution in [3.05, 3.63) is 54.0 Å². The summed E-state index contributed by atoms with van der Waals surface area (Å²) in [6.07, 6.45) is 3.57. The monoisotopic (exact) mass is 357 g/mol. The van der Waals surface area contributed by atoms with E-state index in [0.717, 1.165) is 25.0 Å². The summed E-state index contributed by atoms with van der Waals surface area (Å²) in [6, 6.07) is 10.3. The summed E-state index contributed by atoms with van der Waals surface area (Å²) >= 11 is 0. The van der Waals surface area contributed by atoms with Crippen molar-refractivity contribution < 1.29 is 18.7 Å². The van der Waals surface area contributed by atoms with Crippen molar-refractivity contribution in [2.75, 3.05) is 11.9 Å². The van der Waals surface area contributed by atoms with Crippen LogP contribution >= 0.6 is 0 Å². The molecule has 7 nitrogen and oxygen atoms in total. The molecule has 0 bridgehead atoms. The molecule has 0 aliphatic carbocycles. The number of amides is 3. The Balaban J connectivity index is 1.43. The van der Waals surface area contributed by atoms with Gasteiger partial charge in [0.05, 0.1) is 18.4 Å². The summed E-state index contributed by atoms with van der Waals surface area (Å²) in [4.78, 5) is 23.9. The number of rotatable bonds is 6. The molecule has 1 aromatic heterocycles. The average Bonchev–Trinajstić information content (AvgIpc) is 3.34. The van der Waals surface area contributed by atoms with Crippen LogP contribution in [0, 0.1) is 0 Å². The Morgan fingerprint density at radius 2 is 2.04 bits per heavy atom. The van der Waals surface area contributed by atoms with Crippen molar-refractivity contribution >= 4 is 17.6 Å². The van der Waals surface area contributed by atoms with Crippen LogP contribution in [0.15, 0.2) is 47.1 Å². The maximum absolute atomic E-state index is 12.0. The number of hydrogen-bond donors (Lipinski definition) is 3. The number of furan rings is 1. The first kappa shape index (κ1) is 18.0. The topological polar surface area (TPSA) is 92.6 Å². The lowest BCUT2D eigenvalue weighted by molar-refractivity contribution is 0.0860. The third kappa shape index (κ3) is 4.86. The first-order chi connectivity index (χ1) is 12.6. The standard InChI is InChI=1S/C19H23N3O4/c1-13(16-4-2-10-25-16)21-19(24)20-12-14-6-8-15(9-7-14)22-18(23)17-5-3-11-26-17/h3,5-9,11,13,16H,2,4,10,12H2,1H3,(H,22,23)(H2,20,21,24)/t13-,16-/m1/s1. The van der Waals surface area contributed by atoms with E-state index in [9.17, 15) is 9.59 Å². The molecule has 3 rings (SSSR count). The van der Waals surface area contributed by atoms with Crippen LogP contribution in [0.1, 0.15) is 35.9 Å². The van der Waals surface area contributed by atoms with E-state index in [4.69, 9.17) is 9.15 Å². The molecule has 1 aromatic carbocycles. The van der Waals surface area contributed by atoms with E-state index in [1.165, 1.54) is 6.26 Å². The molecule has 0 radical (unpaired) electrons. The van der Waals surface area contributed by atoms with Crippen molar-refractivity contribution in [1.82, 2.24) is 10.6 Å². The molecule has 0 saturated carbocycles. The summed E-state index contributed by atoms with van der Waals surface area (Å²) in [6.45, 7) is 3.11. The molecular weight excluding hydrogens is 334 g/mol. The van der Waals surface area contributed by atoms with Crippen LogP contribution in [-0.4, -0.2) is 30.7 Å². The van der Waals surface area contributed by atoms with E-state index < -0.39 is 0 Å². The number of anilines is 1. The molecule has 26 heavy (non-hydrogen) atoms. The first-order valence-electron chi connectivity index (χ1n) is 8.71. The van der Waals surface area contributed by atoms with Crippen LogP contribution in [0.5, 0.6) is 0 Å². The molecule has 2 aromatic rings. The van der Waals surface area contributed by atoms with Gasteiger partial charge in [0.1, 0.15) is 0 Å². The second-order valence-corrected chi connectivity index (χ2v) is 6.30. The molecule has 1 aliphatic heterocycles. The predicted molar refractivity (Wildman–Crippen MR) is 96.9 cm³/mol. The summed E-state index contributed by atoms with van der Waals surface area (Å²) in [5.74, 6) is -0.0452. The van der Waals surface area contributed by atoms with Crippen LogP contribution in [-0.2, 0) is 11.3 Å². The number of ether oxygens (including phenoxy) is 1. The van der Waals surface area contributed by atoms with Gasteiger partial charge in [-0.3, -0.25) is 4.79 Å². The quantitative estimate of drug-likeness (QED) is 0.741. The van der Waals surface area contributed by atoms with E-state index in [1.54, 1.807) is 24.3 Å². The number of carbonyl (C=O) groups is 2. The molecule has 1 saturated heterocycles. The number of hydrogen-bond acceptors (Lipinski definition) is 4. The molecule has 0 spiro atoms. The largest absolute Gasteiger partial charge is 0.459 e. The van der Waals surface area contributed by atoms with Gasteiger partial charge >= 0.3 is 6.03 Å². The number of nitrogens with one attached hydrogen (secondary N) is 3. The molecule has 1 fully saturated rings. The smallest absolute Gasteiger partial charge is 0.315 e. The Hall–Kier alpha value is -2.80. The normalized spacial score (nSPS) is 17.5. The Kier molecular flexibility index (Phi) is 5.91. The third-order valence-corrected chi connectivity index (χ3v) is 4.29. The molecule has 7 heteroatoms. The highest BCUT2D eigenvalue weighted by Gasteiger charge is 2.23. The van der Waals surface area contributed by atoms with Crippen molar-refractivity contribution in [2.45, 2.75) is 38.5 Å². The highest BCUT2D eigenvalue weighted by atomic mass is 16.5. The van der Waals surface area contributed by atoms with Crippen LogP contribution in [0.4, 0.5) is 10.5 Å². The van der Waals surface area contributed by atoms with Gasteiger partial charge in [0, 0.05) is 18.8 Å². The van der Waals surface area contributed by atoms with E-state index in [-0.39, 0.29) is 29.8 Å². The fourth-order valence-corrected chi connectivity index (χ4v) is 2.84. The minimum absolute atomic E-state index is 0.0170. The van der Waals surface area contributed by atoms with Gasteiger partial charge in [-0.25, -0.2) is 4.79 Å². The first-order valence-corrected chi connectivity index (χ1v) is 8.71. The minimum atomic E-state index is -0.302. The summed E-state index contributed by atoms with van der Waals surface area (Å²) in [5, 5.41) is 8.48. The molecule has 2 atom stereocenters. The average molecular weight is 357 g/mol. The lowest BCUT2D eigenvalue weighted by Crippen LogP contribution is -2.45. The molecule has 3 N–H and O–H groups in total. The van der Waals surface area contributed by atoms with Crippen LogP contribution in [0.25, 0.3) is 0 Å². The Labute approximate surface area is 152 Å². The minimum Gasteiger partial charge on any atom is -0.459 e. The van der Waals surface area contributed by atoms with Gasteiger partial charge in [0.15, 0.2) is 5.76 Å². The van der Waals surface area contributed by atoms with Crippen molar-refractivity contribution in [1.29, 1.82) is 0 Å². The zero-order chi connectivity index (χ0) is 18.4. The fraction of sp³-hybridized carbons (Fsp3) is 0.368. The van der Waals surface area contributed by atoms with Crippen molar-refractivity contribution in [3.63, 3.8) is 0 Å². The number of benzene rings is 1. The number of urea groups is 1. The van der Waals surface area contributed by atoms with Gasteiger partial charge in [-0.1, -0.05) is 12.1 Å². The highest BCUT2D eigenvalue weighted by molar-refractivity contribution is 6.02. The van der Waals surface area contributed by atoms with Crippen molar-refractivity contribution in [3.8, 4) is 0 Å². The van der Waals surface area contributed by atoms with Gasteiger partial charge in [-0.15, -0.1) is 0 Å². The SMILES string of the molecule is C[C@@H](NC(=O)NCc1ccc(NC(=O)c2ccco2)cc1)[C@H]1CCCO1. The molecular formula is C19H23N3O4. The van der Waals surface area contributed by atoms with Crippen LogP contribution in [0.3, 0.4) is 0 Å². The maximum atomic E-state index is 12.0. The second kappa shape index (κ2) is 8.53. The van der Waals surface area contributed by atoms with Gasteiger partial charge in [-0.2, -0.15) is 0 Å². The summed E-state index contributed by atoms with van der Waals surface area (Å²) < 4.78 is 10.6. The van der Waals surface area contributed by atoms with Crippen molar-refractivity contribution in [2.24, 2.45) is 0 Å². The summed E-state index contributed by atoms with van der Waals surface area (Å²) in [7, 11) is 0. The van der Waals surface area contributed by atoms with E-state index in [0.29, 0.717) is 12.2 Å². The Morgan fingerprint density at radius 3 is 2.69 bits per heavy atom. The molecule has 0 unspecified atom stereocenters. The molecule has 2 heterocycles. The zero-order valence-corrected chi connectivity index (χ0v) is 14.7. The van der Waals surface area contributed by atoms with Gasteiger partial charge in [0.25, 0.3) is 5.91 Å². The van der Waals surface area contributed by atoms with Gasteiger partial charge in [0.2, 0.25) is 0 Å². The fourth-order valence-electron chi connectivity index (χ4n) is 2.84. The second-order valence-electron chi connectivity index (χ2n) is 6.30. The van der Waals surface area contributed by atoms with E-state index in [1.807, 2.05) is 19.1 Å². The summed E-state index contributed by atoms with van der Waals surface area (Å²) in [5.41, 5.74) is 1.59. The number of carbonyl (C=O) groups excluding carboxylic acids is 2. The van der Waals surface area contributed by atoms with Gasteiger partial charge in [-0.05, 0) is 49.6 Å². The predicted octanol–water partition coefficient (Wildman–Crippen LogP) is 2.90. The van der Waals surface area contributed by atoms with Crippen LogP contribution in [0.2, 0.25) is 0 Å². The third-order valence-electron chi connectivity index (χ3n) is 4.29. The lowest BCUT2D eigenvalue weighted by Gasteiger charge is -2.20. The van der Waals surface area contributed by atoms with Crippen LogP contribution < -0.4 is 16.0 Å². The molecule has 3 amide bonds. The molecule has 1 aliphatic rings. The van der Waals surface area contributed by atoms with E-state index >= 15 is 0 Å². The lowest BCUT2D eigenvalue weighted by atomic mass is 10.1. The van der Waals surface area contributed by atoms with Gasteiger partial charge < -0.3 is 25.1 Å². The Morgan fingerprint density at radius 1 is 1.23 bits per heavy atom. The zero-order valence-electron chi connectivity index (χ0n) is 14.7.